The molecule has 18 heavy (non-hydrogen) atoms. The predicted molar refractivity (Wildman–Crippen MR) is 63.5 cm³/mol. The number of carbonyl (C=O) groups is 2. The Balaban J connectivity index is 2.27. The van der Waals surface area contributed by atoms with Crippen LogP contribution < -0.4 is 5.32 Å². The minimum absolute atomic E-state index is 0.0806. The summed E-state index contributed by atoms with van der Waals surface area (Å²) in [4.78, 5) is 23.9. The van der Waals surface area contributed by atoms with E-state index in [9.17, 15) is 9.59 Å². The van der Waals surface area contributed by atoms with Crippen LogP contribution in [-0.2, 0) is 14.3 Å². The van der Waals surface area contributed by atoms with Gasteiger partial charge in [-0.3, -0.25) is 4.79 Å². The second kappa shape index (κ2) is 7.88. The van der Waals surface area contributed by atoms with Gasteiger partial charge in [-0.25, -0.2) is 4.79 Å². The molecule has 1 aliphatic heterocycles. The van der Waals surface area contributed by atoms with Crippen LogP contribution in [0.1, 0.15) is 13.3 Å². The quantitative estimate of drug-likeness (QED) is 0.651. The van der Waals surface area contributed by atoms with Crippen LogP contribution in [-0.4, -0.2) is 67.6 Å². The Morgan fingerprint density at radius 2 is 2.33 bits per heavy atom. The Morgan fingerprint density at radius 1 is 1.56 bits per heavy atom. The molecule has 2 N–H and O–H groups in total. The Kier molecular flexibility index (Phi) is 6.45. The molecule has 0 saturated carbocycles. The van der Waals surface area contributed by atoms with Crippen molar-refractivity contribution in [1.82, 2.24) is 10.2 Å². The van der Waals surface area contributed by atoms with E-state index in [2.05, 4.69) is 5.32 Å². The number of carboxylic acid groups (broad SMARTS) is 1. The first kappa shape index (κ1) is 14.7. The summed E-state index contributed by atoms with van der Waals surface area (Å²) < 4.78 is 10.4. The molecule has 1 atom stereocenters. The van der Waals surface area contributed by atoms with Gasteiger partial charge in [0.15, 0.2) is 0 Å². The molecule has 0 aromatic rings. The topological polar surface area (TPSA) is 88.1 Å². The number of nitrogens with one attached hydrogen (secondary N) is 1. The molecule has 1 fully saturated rings. The maximum absolute atomic E-state index is 11.7. The summed E-state index contributed by atoms with van der Waals surface area (Å²) in [6, 6.07) is -0.201. The molecule has 7 heteroatoms. The molecule has 104 valence electrons. The first-order valence-electron chi connectivity index (χ1n) is 6.07. The van der Waals surface area contributed by atoms with E-state index >= 15 is 0 Å². The Bertz CT molecular complexity index is 285. The molecule has 1 rings (SSSR count). The summed E-state index contributed by atoms with van der Waals surface area (Å²) in [6.07, 6.45) is -0.503. The number of carbonyl (C=O) groups excluding carboxylic acids is 1. The summed E-state index contributed by atoms with van der Waals surface area (Å²) in [5.74, 6) is -0.918. The van der Waals surface area contributed by atoms with E-state index in [0.717, 1.165) is 0 Å². The second-order valence-electron chi connectivity index (χ2n) is 3.97. The van der Waals surface area contributed by atoms with Gasteiger partial charge in [-0.15, -0.1) is 0 Å². The summed E-state index contributed by atoms with van der Waals surface area (Å²) in [5, 5.41) is 11.4. The third-order valence-corrected chi connectivity index (χ3v) is 2.56. The lowest BCUT2D eigenvalue weighted by molar-refractivity contribution is -0.141. The number of urea groups is 1. The molecule has 0 aliphatic carbocycles. The lowest BCUT2D eigenvalue weighted by Gasteiger charge is -2.32. The van der Waals surface area contributed by atoms with E-state index in [4.69, 9.17) is 14.6 Å². The first-order chi connectivity index (χ1) is 8.63. The number of carboxylic acids is 1. The molecular weight excluding hydrogens is 240 g/mol. The molecule has 0 bridgehead atoms. The van der Waals surface area contributed by atoms with Crippen LogP contribution in [0.5, 0.6) is 0 Å². The van der Waals surface area contributed by atoms with Crippen LogP contribution in [0, 0.1) is 0 Å². The van der Waals surface area contributed by atoms with E-state index in [-0.39, 0.29) is 12.5 Å². The smallest absolute Gasteiger partial charge is 0.317 e. The van der Waals surface area contributed by atoms with Crippen molar-refractivity contribution in [2.24, 2.45) is 0 Å². The summed E-state index contributed by atoms with van der Waals surface area (Å²) in [5.41, 5.74) is 0. The van der Waals surface area contributed by atoms with Crippen molar-refractivity contribution in [3.8, 4) is 0 Å². The number of nitrogens with zero attached hydrogens (tertiary/aromatic N) is 1. The number of amides is 2. The fraction of sp³-hybridized carbons (Fsp3) is 0.818. The average Bonchev–Trinajstić information content (AvgIpc) is 2.34. The maximum atomic E-state index is 11.7. The summed E-state index contributed by atoms with van der Waals surface area (Å²) in [7, 11) is 0. The average molecular weight is 260 g/mol. The predicted octanol–water partition coefficient (Wildman–Crippen LogP) is -0.0920. The number of morpholine rings is 1. The van der Waals surface area contributed by atoms with Gasteiger partial charge in [-0.2, -0.15) is 0 Å². The molecule has 0 radical (unpaired) electrons. The van der Waals surface area contributed by atoms with Crippen molar-refractivity contribution < 1.29 is 24.2 Å². The van der Waals surface area contributed by atoms with E-state index < -0.39 is 12.1 Å². The van der Waals surface area contributed by atoms with Gasteiger partial charge in [-0.05, 0) is 6.92 Å². The number of aliphatic carboxylic acids is 1. The van der Waals surface area contributed by atoms with Crippen LogP contribution in [0.3, 0.4) is 0 Å². The third-order valence-electron chi connectivity index (χ3n) is 2.56. The number of ether oxygens (including phenoxy) is 2. The van der Waals surface area contributed by atoms with Crippen molar-refractivity contribution >= 4 is 12.0 Å². The van der Waals surface area contributed by atoms with E-state index in [0.29, 0.717) is 39.5 Å². The summed E-state index contributed by atoms with van der Waals surface area (Å²) in [6.45, 7) is 4.60. The zero-order valence-electron chi connectivity index (χ0n) is 10.6. The van der Waals surface area contributed by atoms with Gasteiger partial charge < -0.3 is 24.8 Å². The van der Waals surface area contributed by atoms with Gasteiger partial charge >= 0.3 is 12.0 Å². The van der Waals surface area contributed by atoms with Gasteiger partial charge in [0.25, 0.3) is 0 Å². The van der Waals surface area contributed by atoms with Crippen molar-refractivity contribution in [1.29, 1.82) is 0 Å². The molecule has 0 aromatic carbocycles. The monoisotopic (exact) mass is 260 g/mol. The number of rotatable bonds is 6. The van der Waals surface area contributed by atoms with Gasteiger partial charge in [0, 0.05) is 26.2 Å². The molecule has 1 unspecified atom stereocenters. The Labute approximate surface area is 106 Å². The highest BCUT2D eigenvalue weighted by molar-refractivity contribution is 5.74. The third kappa shape index (κ3) is 5.33. The Morgan fingerprint density at radius 3 is 3.00 bits per heavy atom. The minimum atomic E-state index is -0.918. The maximum Gasteiger partial charge on any atom is 0.317 e. The fourth-order valence-corrected chi connectivity index (χ4v) is 1.71. The van der Waals surface area contributed by atoms with Gasteiger partial charge in [0.05, 0.1) is 25.7 Å². The van der Waals surface area contributed by atoms with E-state index in [1.807, 2.05) is 6.92 Å². The van der Waals surface area contributed by atoms with E-state index in [1.165, 1.54) is 0 Å². The zero-order chi connectivity index (χ0) is 13.4. The second-order valence-corrected chi connectivity index (χ2v) is 3.97. The van der Waals surface area contributed by atoms with Crippen LogP contribution in [0.25, 0.3) is 0 Å². The Hall–Kier alpha value is -1.34. The highest BCUT2D eigenvalue weighted by atomic mass is 16.5. The van der Waals surface area contributed by atoms with Gasteiger partial charge in [-0.1, -0.05) is 0 Å². The summed E-state index contributed by atoms with van der Waals surface area (Å²) >= 11 is 0. The molecule has 2 amide bonds. The number of hydrogen-bond donors (Lipinski definition) is 2. The van der Waals surface area contributed by atoms with Crippen molar-refractivity contribution in [2.45, 2.75) is 19.4 Å². The van der Waals surface area contributed by atoms with Crippen LogP contribution >= 0.6 is 0 Å². The highest BCUT2D eigenvalue weighted by Gasteiger charge is 2.25. The largest absolute Gasteiger partial charge is 0.481 e. The van der Waals surface area contributed by atoms with Gasteiger partial charge in [0.1, 0.15) is 0 Å². The van der Waals surface area contributed by atoms with Crippen LogP contribution in [0.2, 0.25) is 0 Å². The molecule has 1 saturated heterocycles. The van der Waals surface area contributed by atoms with E-state index in [1.54, 1.807) is 4.90 Å². The van der Waals surface area contributed by atoms with Crippen molar-refractivity contribution in [3.05, 3.63) is 0 Å². The van der Waals surface area contributed by atoms with Gasteiger partial charge in [0.2, 0.25) is 0 Å². The normalized spacial score (nSPS) is 19.6. The molecular formula is C11H20N2O5. The number of hydrogen-bond acceptors (Lipinski definition) is 4. The highest BCUT2D eigenvalue weighted by Crippen LogP contribution is 2.08. The molecule has 0 spiro atoms. The molecule has 0 aromatic heterocycles. The van der Waals surface area contributed by atoms with Crippen LogP contribution in [0.15, 0.2) is 0 Å². The van der Waals surface area contributed by atoms with Crippen molar-refractivity contribution in [3.63, 3.8) is 0 Å². The lowest BCUT2D eigenvalue weighted by Crippen LogP contribution is -2.50. The minimum Gasteiger partial charge on any atom is -0.481 e. The SMILES string of the molecule is CCOCCNC(=O)N1CCOC(CC(=O)O)C1. The molecule has 1 aliphatic rings. The van der Waals surface area contributed by atoms with Crippen molar-refractivity contribution in [2.75, 3.05) is 39.5 Å². The molecule has 7 nitrogen and oxygen atoms in total. The standard InChI is InChI=1S/C11H20N2O5/c1-2-17-5-3-12-11(16)13-4-6-18-9(8-13)7-10(14)15/h9H,2-8H2,1H3,(H,12,16)(H,14,15). The molecule has 1 heterocycles. The lowest BCUT2D eigenvalue weighted by atomic mass is 10.2. The van der Waals surface area contributed by atoms with Crippen LogP contribution in [0.4, 0.5) is 4.79 Å². The zero-order valence-corrected chi connectivity index (χ0v) is 10.6. The first-order valence-corrected chi connectivity index (χ1v) is 6.07. The fourth-order valence-electron chi connectivity index (χ4n) is 1.71.